The maximum Gasteiger partial charge on any atom is 0.337 e. The van der Waals surface area contributed by atoms with E-state index in [0.29, 0.717) is 29.2 Å². The van der Waals surface area contributed by atoms with Gasteiger partial charge in [0.15, 0.2) is 0 Å². The van der Waals surface area contributed by atoms with Crippen molar-refractivity contribution >= 4 is 17.6 Å². The molecule has 2 rings (SSSR count). The zero-order chi connectivity index (χ0) is 15.9. The molecule has 0 saturated carbocycles. The lowest BCUT2D eigenvalue weighted by Crippen LogP contribution is -2.21. The predicted molar refractivity (Wildman–Crippen MR) is 85.9 cm³/mol. The number of esters is 1. The number of hydrogen-bond donors (Lipinski definition) is 2. The highest BCUT2D eigenvalue weighted by atomic mass is 35.5. The minimum absolute atomic E-state index is 0.353. The van der Waals surface area contributed by atoms with Gasteiger partial charge in [0.25, 0.3) is 0 Å². The Morgan fingerprint density at radius 2 is 1.91 bits per heavy atom. The van der Waals surface area contributed by atoms with Crippen molar-refractivity contribution in [2.24, 2.45) is 0 Å². The van der Waals surface area contributed by atoms with Crippen LogP contribution in [0, 0.1) is 0 Å². The molecule has 0 amide bonds. The molecule has 1 unspecified atom stereocenters. The number of ether oxygens (including phenoxy) is 1. The maximum atomic E-state index is 11.3. The molecule has 0 bridgehead atoms. The number of halogens is 1. The molecular weight excluding hydrogens is 302 g/mol. The second kappa shape index (κ2) is 7.94. The molecule has 0 saturated heterocycles. The smallest absolute Gasteiger partial charge is 0.337 e. The Balaban J connectivity index is 1.86. The van der Waals surface area contributed by atoms with Crippen LogP contribution in [-0.2, 0) is 11.3 Å². The lowest BCUT2D eigenvalue weighted by atomic mass is 10.1. The van der Waals surface area contributed by atoms with Crippen LogP contribution in [-0.4, -0.2) is 24.7 Å². The average molecular weight is 320 g/mol. The number of carbonyl (C=O) groups is 1. The van der Waals surface area contributed by atoms with E-state index < -0.39 is 6.10 Å². The summed E-state index contributed by atoms with van der Waals surface area (Å²) in [6, 6.07) is 14.4. The molecule has 2 aromatic rings. The second-order valence-corrected chi connectivity index (χ2v) is 5.26. The highest BCUT2D eigenvalue weighted by molar-refractivity contribution is 6.31. The number of nitrogens with one attached hydrogen (secondary N) is 1. The molecule has 0 fully saturated rings. The highest BCUT2D eigenvalue weighted by Crippen LogP contribution is 2.21. The molecule has 0 heterocycles. The molecule has 1 atom stereocenters. The third kappa shape index (κ3) is 4.31. The van der Waals surface area contributed by atoms with Gasteiger partial charge < -0.3 is 15.2 Å². The summed E-state index contributed by atoms with van der Waals surface area (Å²) in [4.78, 5) is 11.3. The molecule has 2 N–H and O–H groups in total. The zero-order valence-corrected chi connectivity index (χ0v) is 13.0. The fourth-order valence-electron chi connectivity index (χ4n) is 2.09. The van der Waals surface area contributed by atoms with Gasteiger partial charge in [-0.05, 0) is 23.8 Å². The Labute approximate surface area is 134 Å². The Morgan fingerprint density at radius 3 is 2.55 bits per heavy atom. The number of hydrogen-bond acceptors (Lipinski definition) is 4. The first-order chi connectivity index (χ1) is 10.6. The topological polar surface area (TPSA) is 58.6 Å². The number of aliphatic hydroxyl groups is 1. The van der Waals surface area contributed by atoms with E-state index in [9.17, 15) is 9.90 Å². The van der Waals surface area contributed by atoms with Gasteiger partial charge in [-0.25, -0.2) is 4.79 Å². The van der Waals surface area contributed by atoms with Gasteiger partial charge in [0.1, 0.15) is 0 Å². The first-order valence-corrected chi connectivity index (χ1v) is 7.30. The number of carbonyl (C=O) groups excluding carboxylic acids is 1. The summed E-state index contributed by atoms with van der Waals surface area (Å²) in [7, 11) is 1.36. The average Bonchev–Trinajstić information content (AvgIpc) is 2.55. The van der Waals surface area contributed by atoms with Crippen LogP contribution in [0.3, 0.4) is 0 Å². The molecule has 0 aliphatic heterocycles. The molecule has 0 aliphatic rings. The molecule has 0 aliphatic carbocycles. The van der Waals surface area contributed by atoms with Crippen LogP contribution in [0.1, 0.15) is 27.6 Å². The quantitative estimate of drug-likeness (QED) is 0.804. The SMILES string of the molecule is COC(=O)c1ccc(CNCC(O)c2ccccc2Cl)cc1. The van der Waals surface area contributed by atoms with Gasteiger partial charge >= 0.3 is 5.97 Å². The van der Waals surface area contributed by atoms with Gasteiger partial charge in [-0.3, -0.25) is 0 Å². The van der Waals surface area contributed by atoms with Crippen LogP contribution in [0.4, 0.5) is 0 Å². The van der Waals surface area contributed by atoms with Crippen molar-refractivity contribution in [3.8, 4) is 0 Å². The van der Waals surface area contributed by atoms with Crippen LogP contribution in [0.25, 0.3) is 0 Å². The van der Waals surface area contributed by atoms with E-state index in [1.165, 1.54) is 7.11 Å². The summed E-state index contributed by atoms with van der Waals surface area (Å²) in [5.74, 6) is -0.353. The van der Waals surface area contributed by atoms with Crippen molar-refractivity contribution in [1.29, 1.82) is 0 Å². The molecule has 116 valence electrons. The standard InChI is InChI=1S/C17H18ClNO3/c1-22-17(21)13-8-6-12(7-9-13)10-19-11-16(20)14-4-2-3-5-15(14)18/h2-9,16,19-20H,10-11H2,1H3. The Morgan fingerprint density at radius 1 is 1.23 bits per heavy atom. The van der Waals surface area contributed by atoms with E-state index in [4.69, 9.17) is 11.6 Å². The Bertz CT molecular complexity index is 628. The first-order valence-electron chi connectivity index (χ1n) is 6.92. The minimum Gasteiger partial charge on any atom is -0.465 e. The molecule has 5 heteroatoms. The fourth-order valence-corrected chi connectivity index (χ4v) is 2.35. The van der Waals surface area contributed by atoms with Gasteiger partial charge in [0, 0.05) is 23.7 Å². The lowest BCUT2D eigenvalue weighted by molar-refractivity contribution is 0.0600. The number of rotatable bonds is 6. The summed E-state index contributed by atoms with van der Waals surface area (Å²) in [6.45, 7) is 0.978. The molecular formula is C17H18ClNO3. The van der Waals surface area contributed by atoms with Crippen molar-refractivity contribution in [1.82, 2.24) is 5.32 Å². The van der Waals surface area contributed by atoms with Gasteiger partial charge in [-0.15, -0.1) is 0 Å². The van der Waals surface area contributed by atoms with E-state index in [2.05, 4.69) is 10.1 Å². The summed E-state index contributed by atoms with van der Waals surface area (Å²) < 4.78 is 4.65. The first kappa shape index (κ1) is 16.5. The van der Waals surface area contributed by atoms with Crippen LogP contribution in [0.15, 0.2) is 48.5 Å². The van der Waals surface area contributed by atoms with Crippen molar-refractivity contribution in [3.05, 3.63) is 70.2 Å². The summed E-state index contributed by atoms with van der Waals surface area (Å²) in [5, 5.41) is 13.8. The van der Waals surface area contributed by atoms with Crippen molar-refractivity contribution < 1.29 is 14.6 Å². The van der Waals surface area contributed by atoms with Crippen LogP contribution < -0.4 is 5.32 Å². The van der Waals surface area contributed by atoms with Gasteiger partial charge in [-0.2, -0.15) is 0 Å². The summed E-state index contributed by atoms with van der Waals surface area (Å²) in [6.07, 6.45) is -0.664. The van der Waals surface area contributed by atoms with E-state index in [-0.39, 0.29) is 5.97 Å². The van der Waals surface area contributed by atoms with Crippen LogP contribution >= 0.6 is 11.6 Å². The molecule has 0 radical (unpaired) electrons. The van der Waals surface area contributed by atoms with Gasteiger partial charge in [0.2, 0.25) is 0 Å². The monoisotopic (exact) mass is 319 g/mol. The van der Waals surface area contributed by atoms with Crippen molar-refractivity contribution in [2.75, 3.05) is 13.7 Å². The number of benzene rings is 2. The van der Waals surface area contributed by atoms with Crippen LogP contribution in [0.5, 0.6) is 0 Å². The third-order valence-electron chi connectivity index (χ3n) is 3.31. The minimum atomic E-state index is -0.664. The van der Waals surface area contributed by atoms with Gasteiger partial charge in [-0.1, -0.05) is 41.9 Å². The maximum absolute atomic E-state index is 11.3. The van der Waals surface area contributed by atoms with E-state index in [1.54, 1.807) is 24.3 Å². The molecule has 2 aromatic carbocycles. The largest absolute Gasteiger partial charge is 0.465 e. The van der Waals surface area contributed by atoms with Gasteiger partial charge in [0.05, 0.1) is 18.8 Å². The predicted octanol–water partition coefficient (Wildman–Crippen LogP) is 2.95. The summed E-state index contributed by atoms with van der Waals surface area (Å²) >= 11 is 6.04. The normalized spacial score (nSPS) is 12.0. The molecule has 0 aromatic heterocycles. The fraction of sp³-hybridized carbons (Fsp3) is 0.235. The van der Waals surface area contributed by atoms with E-state index >= 15 is 0 Å². The molecule has 0 spiro atoms. The second-order valence-electron chi connectivity index (χ2n) is 4.86. The lowest BCUT2D eigenvalue weighted by Gasteiger charge is -2.13. The molecule has 4 nitrogen and oxygen atoms in total. The van der Waals surface area contributed by atoms with Crippen molar-refractivity contribution in [3.63, 3.8) is 0 Å². The third-order valence-corrected chi connectivity index (χ3v) is 3.65. The molecule has 22 heavy (non-hydrogen) atoms. The van der Waals surface area contributed by atoms with Crippen LogP contribution in [0.2, 0.25) is 5.02 Å². The van der Waals surface area contributed by atoms with Crippen molar-refractivity contribution in [2.45, 2.75) is 12.6 Å². The Hall–Kier alpha value is -1.88. The number of aliphatic hydroxyl groups excluding tert-OH is 1. The van der Waals surface area contributed by atoms with E-state index in [0.717, 1.165) is 5.56 Å². The van der Waals surface area contributed by atoms with E-state index in [1.807, 2.05) is 24.3 Å². The Kier molecular flexibility index (Phi) is 5.95. The number of methoxy groups -OCH3 is 1. The summed E-state index contributed by atoms with van der Waals surface area (Å²) in [5.41, 5.74) is 2.24. The zero-order valence-electron chi connectivity index (χ0n) is 12.3. The highest BCUT2D eigenvalue weighted by Gasteiger charge is 2.10.